The molecular formula is C11H22N2O. The van der Waals surface area contributed by atoms with Crippen LogP contribution in [0.3, 0.4) is 0 Å². The van der Waals surface area contributed by atoms with Gasteiger partial charge in [0.1, 0.15) is 0 Å². The minimum absolute atomic E-state index is 0.155. The molecule has 1 heterocycles. The summed E-state index contributed by atoms with van der Waals surface area (Å²) in [6.45, 7) is 8.92. The van der Waals surface area contributed by atoms with E-state index in [1.165, 1.54) is 0 Å². The summed E-state index contributed by atoms with van der Waals surface area (Å²) in [7, 11) is 2.16. The molecule has 1 aliphatic heterocycles. The molecule has 0 aromatic heterocycles. The van der Waals surface area contributed by atoms with Crippen molar-refractivity contribution < 1.29 is 4.79 Å². The first-order valence-electron chi connectivity index (χ1n) is 5.23. The smallest absolute Gasteiger partial charge is 0.207 e. The van der Waals surface area contributed by atoms with Gasteiger partial charge in [0.2, 0.25) is 6.41 Å². The number of piperidine rings is 1. The molecule has 1 rings (SSSR count). The number of carbonyl (C=O) groups excluding carboxylic acids is 1. The summed E-state index contributed by atoms with van der Waals surface area (Å²) < 4.78 is 0. The van der Waals surface area contributed by atoms with Crippen molar-refractivity contribution in [1.82, 2.24) is 10.2 Å². The average Bonchev–Trinajstić information content (AvgIpc) is 1.99. The number of likely N-dealkylation sites (tertiary alicyclic amines) is 1. The molecule has 1 aliphatic rings. The Bertz CT molecular complexity index is 205. The quantitative estimate of drug-likeness (QED) is 0.680. The maximum Gasteiger partial charge on any atom is 0.207 e. The van der Waals surface area contributed by atoms with E-state index in [4.69, 9.17) is 0 Å². The molecule has 3 nitrogen and oxygen atoms in total. The summed E-state index contributed by atoms with van der Waals surface area (Å²) in [5, 5.41) is 2.91. The van der Waals surface area contributed by atoms with E-state index in [0.29, 0.717) is 6.04 Å². The summed E-state index contributed by atoms with van der Waals surface area (Å²) in [5.41, 5.74) is 0.310. The topological polar surface area (TPSA) is 32.3 Å². The molecule has 0 spiro atoms. The number of hydrogen-bond acceptors (Lipinski definition) is 2. The van der Waals surface area contributed by atoms with E-state index in [1.807, 2.05) is 0 Å². The highest BCUT2D eigenvalue weighted by Crippen LogP contribution is 2.36. The second kappa shape index (κ2) is 3.54. The Morgan fingerprint density at radius 1 is 1.21 bits per heavy atom. The van der Waals surface area contributed by atoms with Gasteiger partial charge in [0, 0.05) is 17.1 Å². The first-order chi connectivity index (χ1) is 6.29. The third-order valence-electron chi connectivity index (χ3n) is 3.61. The van der Waals surface area contributed by atoms with Crippen LogP contribution in [0, 0.1) is 0 Å². The van der Waals surface area contributed by atoms with Crippen molar-refractivity contribution >= 4 is 6.41 Å². The summed E-state index contributed by atoms with van der Waals surface area (Å²) in [5.74, 6) is 0. The van der Waals surface area contributed by atoms with Gasteiger partial charge in [-0.05, 0) is 47.6 Å². The predicted octanol–water partition coefficient (Wildman–Crippen LogP) is 1.38. The van der Waals surface area contributed by atoms with Crippen LogP contribution in [0.5, 0.6) is 0 Å². The maximum absolute atomic E-state index is 10.5. The van der Waals surface area contributed by atoms with Crippen LogP contribution in [-0.2, 0) is 4.79 Å². The van der Waals surface area contributed by atoms with Crippen LogP contribution in [0.1, 0.15) is 40.5 Å². The molecule has 1 fully saturated rings. The highest BCUT2D eigenvalue weighted by atomic mass is 16.1. The van der Waals surface area contributed by atoms with E-state index in [2.05, 4.69) is 45.0 Å². The Kier molecular flexibility index (Phi) is 2.91. The number of nitrogens with zero attached hydrogens (tertiary/aromatic N) is 1. The van der Waals surface area contributed by atoms with Crippen molar-refractivity contribution in [2.45, 2.75) is 57.7 Å². The molecule has 14 heavy (non-hydrogen) atoms. The predicted molar refractivity (Wildman–Crippen MR) is 58.1 cm³/mol. The van der Waals surface area contributed by atoms with E-state index in [9.17, 15) is 4.79 Å². The molecule has 0 radical (unpaired) electrons. The third kappa shape index (κ3) is 2.08. The molecule has 0 atom stereocenters. The van der Waals surface area contributed by atoms with Gasteiger partial charge in [-0.1, -0.05) is 0 Å². The first-order valence-corrected chi connectivity index (χ1v) is 5.23. The van der Waals surface area contributed by atoms with E-state index >= 15 is 0 Å². The third-order valence-corrected chi connectivity index (χ3v) is 3.61. The van der Waals surface area contributed by atoms with Gasteiger partial charge in [0.25, 0.3) is 0 Å². The number of carbonyl (C=O) groups is 1. The lowest BCUT2D eigenvalue weighted by Crippen LogP contribution is -2.62. The normalized spacial score (nSPS) is 27.2. The highest BCUT2D eigenvalue weighted by molar-refractivity contribution is 5.46. The van der Waals surface area contributed by atoms with Crippen molar-refractivity contribution in [1.29, 1.82) is 0 Å². The van der Waals surface area contributed by atoms with Crippen molar-refractivity contribution in [2.75, 3.05) is 7.05 Å². The fourth-order valence-electron chi connectivity index (χ4n) is 2.59. The number of rotatable bonds is 2. The number of hydrogen-bond donors (Lipinski definition) is 1. The van der Waals surface area contributed by atoms with Crippen molar-refractivity contribution in [3.8, 4) is 0 Å². The minimum atomic E-state index is 0.155. The van der Waals surface area contributed by atoms with Crippen molar-refractivity contribution in [3.05, 3.63) is 0 Å². The lowest BCUT2D eigenvalue weighted by molar-refractivity contribution is -0.111. The van der Waals surface area contributed by atoms with Gasteiger partial charge < -0.3 is 5.32 Å². The first kappa shape index (κ1) is 11.5. The molecule has 1 saturated heterocycles. The summed E-state index contributed by atoms with van der Waals surface area (Å²) in [4.78, 5) is 12.9. The van der Waals surface area contributed by atoms with Crippen molar-refractivity contribution in [2.24, 2.45) is 0 Å². The Balaban J connectivity index is 2.80. The molecule has 0 aromatic rings. The van der Waals surface area contributed by atoms with Gasteiger partial charge in [-0.15, -0.1) is 0 Å². The Morgan fingerprint density at radius 2 is 1.64 bits per heavy atom. The summed E-state index contributed by atoms with van der Waals surface area (Å²) in [6, 6.07) is 0.314. The van der Waals surface area contributed by atoms with Gasteiger partial charge in [0.15, 0.2) is 0 Å². The Labute approximate surface area is 86.9 Å². The minimum Gasteiger partial charge on any atom is -0.356 e. The van der Waals surface area contributed by atoms with Gasteiger partial charge in [0.05, 0.1) is 0 Å². The Morgan fingerprint density at radius 3 is 2.00 bits per heavy atom. The summed E-state index contributed by atoms with van der Waals surface area (Å²) in [6.07, 6.45) is 2.86. The lowest BCUT2D eigenvalue weighted by atomic mass is 9.77. The molecule has 0 saturated carbocycles. The lowest BCUT2D eigenvalue weighted by Gasteiger charge is -2.53. The van der Waals surface area contributed by atoms with Gasteiger partial charge in [-0.2, -0.15) is 0 Å². The van der Waals surface area contributed by atoms with Crippen LogP contribution in [0.25, 0.3) is 0 Å². The molecule has 82 valence electrons. The van der Waals surface area contributed by atoms with Crippen LogP contribution in [-0.4, -0.2) is 35.5 Å². The number of amides is 1. The van der Waals surface area contributed by atoms with Crippen molar-refractivity contribution in [3.63, 3.8) is 0 Å². The second-order valence-electron chi connectivity index (χ2n) is 5.57. The van der Waals surface area contributed by atoms with E-state index < -0.39 is 0 Å². The van der Waals surface area contributed by atoms with Crippen LogP contribution in [0.15, 0.2) is 0 Å². The molecule has 1 N–H and O–H groups in total. The molecule has 0 unspecified atom stereocenters. The largest absolute Gasteiger partial charge is 0.356 e. The monoisotopic (exact) mass is 198 g/mol. The zero-order valence-electron chi connectivity index (χ0n) is 9.92. The molecule has 0 bridgehead atoms. The zero-order chi connectivity index (χ0) is 11.0. The van der Waals surface area contributed by atoms with Crippen LogP contribution < -0.4 is 5.32 Å². The molecular weight excluding hydrogens is 176 g/mol. The maximum atomic E-state index is 10.5. The zero-order valence-corrected chi connectivity index (χ0v) is 9.92. The second-order valence-corrected chi connectivity index (χ2v) is 5.57. The average molecular weight is 198 g/mol. The molecule has 1 amide bonds. The van der Waals surface area contributed by atoms with E-state index in [0.717, 1.165) is 19.3 Å². The number of nitrogens with one attached hydrogen (secondary N) is 1. The fraction of sp³-hybridized carbons (Fsp3) is 0.909. The van der Waals surface area contributed by atoms with Crippen LogP contribution in [0.2, 0.25) is 0 Å². The van der Waals surface area contributed by atoms with Gasteiger partial charge in [-0.25, -0.2) is 0 Å². The standard InChI is InChI=1S/C11H22N2O/c1-10(2)6-9(12-8-14)7-11(3,4)13(10)5/h8-9H,6-7H2,1-5H3,(H,12,14). The van der Waals surface area contributed by atoms with Gasteiger partial charge in [-0.3, -0.25) is 9.69 Å². The Hall–Kier alpha value is -0.570. The van der Waals surface area contributed by atoms with E-state index in [1.54, 1.807) is 0 Å². The van der Waals surface area contributed by atoms with E-state index in [-0.39, 0.29) is 11.1 Å². The highest BCUT2D eigenvalue weighted by Gasteiger charge is 2.42. The molecule has 3 heteroatoms. The van der Waals surface area contributed by atoms with Crippen LogP contribution >= 0.6 is 0 Å². The fourth-order valence-corrected chi connectivity index (χ4v) is 2.59. The summed E-state index contributed by atoms with van der Waals surface area (Å²) >= 11 is 0. The van der Waals surface area contributed by atoms with Gasteiger partial charge >= 0.3 is 0 Å². The SMILES string of the molecule is CN1C(C)(C)CC(NC=O)CC1(C)C. The van der Waals surface area contributed by atoms with Crippen LogP contribution in [0.4, 0.5) is 0 Å². The molecule has 0 aromatic carbocycles. The molecule has 0 aliphatic carbocycles.